The van der Waals surface area contributed by atoms with Gasteiger partial charge in [0.1, 0.15) is 24.1 Å². The first-order chi connectivity index (χ1) is 15.6. The van der Waals surface area contributed by atoms with Gasteiger partial charge >= 0.3 is 6.18 Å². The monoisotopic (exact) mass is 456 g/mol. The molecule has 1 heterocycles. The molecule has 33 heavy (non-hydrogen) atoms. The van der Waals surface area contributed by atoms with E-state index >= 15 is 0 Å². The Morgan fingerprint density at radius 2 is 2.03 bits per heavy atom. The van der Waals surface area contributed by atoms with Crippen LogP contribution in [0.25, 0.3) is 0 Å². The zero-order chi connectivity index (χ0) is 24.2. The third kappa shape index (κ3) is 6.16. The maximum Gasteiger partial charge on any atom is 0.416 e. The number of aromatic nitrogens is 1. The van der Waals surface area contributed by atoms with Crippen LogP contribution in [0.2, 0.25) is 0 Å². The normalized spacial score (nSPS) is 15.8. The molecule has 3 rings (SSSR count). The molecule has 7 nitrogen and oxygen atoms in total. The third-order valence-corrected chi connectivity index (χ3v) is 5.51. The minimum absolute atomic E-state index is 0.0737. The number of nitrogens with zero attached hydrogens (tertiary/aromatic N) is 3. The summed E-state index contributed by atoms with van der Waals surface area (Å²) >= 11 is 0. The van der Waals surface area contributed by atoms with Crippen LogP contribution in [0.4, 0.5) is 19.0 Å². The lowest BCUT2D eigenvalue weighted by Crippen LogP contribution is -2.42. The molecule has 1 aromatic heterocycles. The van der Waals surface area contributed by atoms with Crippen molar-refractivity contribution in [3.05, 3.63) is 58.8 Å². The van der Waals surface area contributed by atoms with Crippen LogP contribution in [-0.2, 0) is 6.18 Å². The van der Waals surface area contributed by atoms with Crippen molar-refractivity contribution in [2.45, 2.75) is 44.8 Å². The predicted molar refractivity (Wildman–Crippen MR) is 118 cm³/mol. The fourth-order valence-electron chi connectivity index (χ4n) is 3.41. The van der Waals surface area contributed by atoms with E-state index in [-0.39, 0.29) is 17.3 Å². The minimum Gasteiger partial charge on any atom is -0.342 e. The predicted octanol–water partition coefficient (Wildman–Crippen LogP) is 4.72. The van der Waals surface area contributed by atoms with Gasteiger partial charge in [-0.2, -0.15) is 18.4 Å². The van der Waals surface area contributed by atoms with Gasteiger partial charge in [-0.15, -0.1) is 0 Å². The molecule has 2 unspecified atom stereocenters. The number of nitrogens with one attached hydrogen (secondary N) is 3. The Labute approximate surface area is 189 Å². The van der Waals surface area contributed by atoms with E-state index in [1.165, 1.54) is 24.4 Å². The summed E-state index contributed by atoms with van der Waals surface area (Å²) in [5, 5.41) is 21.6. The average molecular weight is 456 g/mol. The number of amides is 1. The van der Waals surface area contributed by atoms with Crippen molar-refractivity contribution in [3.8, 4) is 6.07 Å². The molecule has 2 atom stereocenters. The lowest BCUT2D eigenvalue weighted by molar-refractivity contribution is -0.137. The number of pyridine rings is 1. The van der Waals surface area contributed by atoms with Gasteiger partial charge in [0.15, 0.2) is 0 Å². The molecule has 1 saturated carbocycles. The van der Waals surface area contributed by atoms with Gasteiger partial charge < -0.3 is 10.6 Å². The van der Waals surface area contributed by atoms with Gasteiger partial charge in [0.05, 0.1) is 17.2 Å². The van der Waals surface area contributed by atoms with E-state index in [1.54, 1.807) is 6.92 Å². The quantitative estimate of drug-likeness (QED) is 0.413. The van der Waals surface area contributed by atoms with Crippen LogP contribution in [0.5, 0.6) is 0 Å². The molecule has 10 heteroatoms. The van der Waals surface area contributed by atoms with Crippen LogP contribution in [0.15, 0.2) is 41.5 Å². The maximum atomic E-state index is 13.5. The molecule has 1 aliphatic carbocycles. The summed E-state index contributed by atoms with van der Waals surface area (Å²) < 4.78 is 40.4. The first-order valence-corrected chi connectivity index (χ1v) is 10.3. The number of amidine groups is 1. The highest BCUT2D eigenvalue weighted by molar-refractivity contribution is 6.05. The molecular formula is C23H23F3N6O. The molecule has 2 aromatic rings. The average Bonchev–Trinajstić information content (AvgIpc) is 3.63. The van der Waals surface area contributed by atoms with Crippen LogP contribution in [0.3, 0.4) is 0 Å². The van der Waals surface area contributed by atoms with Crippen molar-refractivity contribution in [1.82, 2.24) is 10.3 Å². The smallest absolute Gasteiger partial charge is 0.342 e. The molecule has 172 valence electrons. The van der Waals surface area contributed by atoms with E-state index in [4.69, 9.17) is 10.7 Å². The maximum absolute atomic E-state index is 13.5. The Morgan fingerprint density at radius 1 is 1.30 bits per heavy atom. The summed E-state index contributed by atoms with van der Waals surface area (Å²) in [6.07, 6.45) is -0.522. The van der Waals surface area contributed by atoms with Crippen molar-refractivity contribution in [3.63, 3.8) is 0 Å². The van der Waals surface area contributed by atoms with Gasteiger partial charge in [-0.05, 0) is 67.5 Å². The van der Waals surface area contributed by atoms with E-state index < -0.39 is 23.7 Å². The van der Waals surface area contributed by atoms with E-state index in [2.05, 4.69) is 20.6 Å². The molecule has 1 aromatic carbocycles. The minimum atomic E-state index is -4.57. The summed E-state index contributed by atoms with van der Waals surface area (Å²) in [5.41, 5.74) is -0.116. The summed E-state index contributed by atoms with van der Waals surface area (Å²) in [6.45, 7) is 3.46. The van der Waals surface area contributed by atoms with Crippen molar-refractivity contribution >= 4 is 23.9 Å². The number of hydrogen-bond donors (Lipinski definition) is 3. The van der Waals surface area contributed by atoms with Gasteiger partial charge in [-0.3, -0.25) is 10.2 Å². The fraction of sp³-hybridized carbons (Fsp3) is 0.348. The van der Waals surface area contributed by atoms with Crippen molar-refractivity contribution in [1.29, 1.82) is 10.7 Å². The van der Waals surface area contributed by atoms with Crippen molar-refractivity contribution < 1.29 is 18.0 Å². The number of hydrogen-bond acceptors (Lipinski definition) is 4. The van der Waals surface area contributed by atoms with Gasteiger partial charge in [0.2, 0.25) is 0 Å². The van der Waals surface area contributed by atoms with E-state index in [1.807, 2.05) is 13.0 Å². The summed E-state index contributed by atoms with van der Waals surface area (Å²) in [4.78, 5) is 20.8. The Bertz CT molecular complexity index is 1100. The first-order valence-electron chi connectivity index (χ1n) is 10.3. The highest BCUT2D eigenvalue weighted by atomic mass is 19.4. The van der Waals surface area contributed by atoms with E-state index in [0.29, 0.717) is 22.9 Å². The number of carbonyl (C=O) groups excluding carboxylic acids is 1. The lowest BCUT2D eigenvalue weighted by Gasteiger charge is -2.19. The largest absolute Gasteiger partial charge is 0.416 e. The van der Waals surface area contributed by atoms with Crippen LogP contribution < -0.4 is 10.6 Å². The Morgan fingerprint density at radius 3 is 2.58 bits per heavy atom. The summed E-state index contributed by atoms with van der Waals surface area (Å²) in [6, 6.07) is 7.70. The number of aliphatic imine (C=N–C) groups is 1. The SMILES string of the molecule is CC(NC(=O)c1cc(C(C)C2CC2)cc(C(F)(F)F)c1)/C(=N/C=N)Nc1ccc(C#N)cn1. The van der Waals surface area contributed by atoms with Gasteiger partial charge in [-0.25, -0.2) is 9.98 Å². The summed E-state index contributed by atoms with van der Waals surface area (Å²) in [7, 11) is 0. The first kappa shape index (κ1) is 23.9. The van der Waals surface area contributed by atoms with Crippen LogP contribution in [0.1, 0.15) is 59.7 Å². The number of carbonyl (C=O) groups is 1. The molecule has 0 radical (unpaired) electrons. The third-order valence-electron chi connectivity index (χ3n) is 5.51. The molecular weight excluding hydrogens is 433 g/mol. The number of rotatable bonds is 7. The lowest BCUT2D eigenvalue weighted by atomic mass is 9.92. The van der Waals surface area contributed by atoms with E-state index in [0.717, 1.165) is 31.3 Å². The highest BCUT2D eigenvalue weighted by Crippen LogP contribution is 2.43. The number of halogens is 3. The van der Waals surface area contributed by atoms with E-state index in [9.17, 15) is 18.0 Å². The highest BCUT2D eigenvalue weighted by Gasteiger charge is 2.35. The topological polar surface area (TPSA) is 114 Å². The van der Waals surface area contributed by atoms with Crippen LogP contribution in [0, 0.1) is 22.7 Å². The number of benzene rings is 1. The van der Waals surface area contributed by atoms with Gasteiger partial charge in [-0.1, -0.05) is 6.92 Å². The Balaban J connectivity index is 1.81. The zero-order valence-corrected chi connectivity index (χ0v) is 18.1. The number of nitriles is 1. The zero-order valence-electron chi connectivity index (χ0n) is 18.1. The van der Waals surface area contributed by atoms with Gasteiger partial charge in [0, 0.05) is 11.8 Å². The molecule has 3 N–H and O–H groups in total. The number of anilines is 1. The molecule has 1 aliphatic rings. The molecule has 0 aliphatic heterocycles. The molecule has 0 bridgehead atoms. The fourth-order valence-corrected chi connectivity index (χ4v) is 3.41. The molecule has 0 saturated heterocycles. The van der Waals surface area contributed by atoms with Crippen molar-refractivity contribution in [2.75, 3.05) is 5.32 Å². The second kappa shape index (κ2) is 9.81. The Hall–Kier alpha value is -3.74. The summed E-state index contributed by atoms with van der Waals surface area (Å²) in [5.74, 6) is 0.0590. The molecule has 1 amide bonds. The Kier molecular flexibility index (Phi) is 7.11. The molecule has 1 fully saturated rings. The number of alkyl halides is 3. The second-order valence-electron chi connectivity index (χ2n) is 7.98. The standard InChI is InChI=1S/C23H23F3N6O/c1-13(16-4-5-16)17-7-18(9-19(8-17)23(24,25)26)22(33)31-14(2)21(30-12-28)32-20-6-3-15(10-27)11-29-20/h3,6-9,11-14,16H,4-5H2,1-2H3,(H,31,33)(H2,28,29,30,32). The van der Waals surface area contributed by atoms with Gasteiger partial charge in [0.25, 0.3) is 5.91 Å². The van der Waals surface area contributed by atoms with Crippen LogP contribution in [-0.4, -0.2) is 29.1 Å². The second-order valence-corrected chi connectivity index (χ2v) is 7.98. The van der Waals surface area contributed by atoms with Crippen molar-refractivity contribution in [2.24, 2.45) is 10.9 Å². The molecule has 0 spiro atoms. The van der Waals surface area contributed by atoms with Crippen LogP contribution >= 0.6 is 0 Å².